The summed E-state index contributed by atoms with van der Waals surface area (Å²) >= 11 is 0. The highest BCUT2D eigenvalue weighted by atomic mass is 16.5. The quantitative estimate of drug-likeness (QED) is 0.714. The van der Waals surface area contributed by atoms with Gasteiger partial charge in [0, 0.05) is 18.0 Å². The lowest BCUT2D eigenvalue weighted by Crippen LogP contribution is -2.27. The van der Waals surface area contributed by atoms with Gasteiger partial charge in [0.15, 0.2) is 0 Å². The molecule has 13 heavy (non-hydrogen) atoms. The van der Waals surface area contributed by atoms with Crippen molar-refractivity contribution in [2.45, 2.75) is 45.1 Å². The first-order chi connectivity index (χ1) is 6.18. The van der Waals surface area contributed by atoms with E-state index in [-0.39, 0.29) is 6.04 Å². The van der Waals surface area contributed by atoms with Gasteiger partial charge in [0.25, 0.3) is 0 Å². The molecule has 0 saturated heterocycles. The Morgan fingerprint density at radius 1 is 1.54 bits per heavy atom. The van der Waals surface area contributed by atoms with Crippen LogP contribution in [-0.2, 0) is 12.8 Å². The number of aromatic nitrogens is 1. The lowest BCUT2D eigenvalue weighted by Gasteiger charge is -2.16. The minimum Gasteiger partial charge on any atom is -0.361 e. The average Bonchev–Trinajstić information content (AvgIpc) is 2.46. The van der Waals surface area contributed by atoms with Crippen molar-refractivity contribution in [2.75, 3.05) is 0 Å². The van der Waals surface area contributed by atoms with Crippen molar-refractivity contribution in [2.24, 2.45) is 5.73 Å². The van der Waals surface area contributed by atoms with Crippen molar-refractivity contribution in [1.29, 1.82) is 0 Å². The molecule has 1 aliphatic rings. The lowest BCUT2D eigenvalue weighted by molar-refractivity contribution is 0.357. The number of hydrogen-bond acceptors (Lipinski definition) is 3. The summed E-state index contributed by atoms with van der Waals surface area (Å²) in [5.41, 5.74) is 8.29. The van der Waals surface area contributed by atoms with Crippen LogP contribution in [-0.4, -0.2) is 11.2 Å². The summed E-state index contributed by atoms with van der Waals surface area (Å²) in [5, 5.41) is 4.10. The van der Waals surface area contributed by atoms with Crippen LogP contribution < -0.4 is 5.73 Å². The van der Waals surface area contributed by atoms with Gasteiger partial charge in [0.1, 0.15) is 5.76 Å². The van der Waals surface area contributed by atoms with E-state index in [0.29, 0.717) is 5.92 Å². The second-order valence-corrected chi connectivity index (χ2v) is 4.13. The minimum absolute atomic E-state index is 0.264. The monoisotopic (exact) mass is 180 g/mol. The molecule has 1 aliphatic carbocycles. The summed E-state index contributed by atoms with van der Waals surface area (Å²) in [6, 6.07) is 0.264. The highest BCUT2D eigenvalue weighted by Gasteiger charge is 2.24. The van der Waals surface area contributed by atoms with Crippen LogP contribution in [0.25, 0.3) is 0 Å². The minimum atomic E-state index is 0.264. The zero-order valence-corrected chi connectivity index (χ0v) is 8.21. The Labute approximate surface area is 78.3 Å². The van der Waals surface area contributed by atoms with Gasteiger partial charge >= 0.3 is 0 Å². The van der Waals surface area contributed by atoms with Crippen LogP contribution >= 0.6 is 0 Å². The molecule has 72 valence electrons. The van der Waals surface area contributed by atoms with Crippen molar-refractivity contribution in [3.8, 4) is 0 Å². The Hall–Kier alpha value is -0.830. The Bertz CT molecular complexity index is 304. The molecule has 0 aliphatic heterocycles. The van der Waals surface area contributed by atoms with Gasteiger partial charge in [-0.3, -0.25) is 0 Å². The summed E-state index contributed by atoms with van der Waals surface area (Å²) in [5.74, 6) is 1.48. The molecule has 0 aromatic carbocycles. The Morgan fingerprint density at radius 2 is 2.31 bits per heavy atom. The van der Waals surface area contributed by atoms with E-state index >= 15 is 0 Å². The molecule has 1 atom stereocenters. The molecule has 0 radical (unpaired) electrons. The van der Waals surface area contributed by atoms with Crippen molar-refractivity contribution < 1.29 is 4.52 Å². The Morgan fingerprint density at radius 3 is 3.00 bits per heavy atom. The van der Waals surface area contributed by atoms with Crippen LogP contribution in [0.3, 0.4) is 0 Å². The maximum absolute atomic E-state index is 5.85. The average molecular weight is 180 g/mol. The van der Waals surface area contributed by atoms with Gasteiger partial charge in [-0.1, -0.05) is 19.0 Å². The first kappa shape index (κ1) is 8.75. The first-order valence-electron chi connectivity index (χ1n) is 4.91. The highest BCUT2D eigenvalue weighted by Crippen LogP contribution is 2.27. The van der Waals surface area contributed by atoms with Gasteiger partial charge in [-0.05, 0) is 18.8 Å². The van der Waals surface area contributed by atoms with Crippen molar-refractivity contribution >= 4 is 0 Å². The highest BCUT2D eigenvalue weighted by molar-refractivity contribution is 5.28. The van der Waals surface area contributed by atoms with E-state index < -0.39 is 0 Å². The Kier molecular flexibility index (Phi) is 2.12. The zero-order chi connectivity index (χ0) is 9.42. The van der Waals surface area contributed by atoms with Gasteiger partial charge in [0.05, 0.1) is 5.69 Å². The molecule has 0 saturated carbocycles. The molecule has 0 amide bonds. The third-order valence-electron chi connectivity index (χ3n) is 2.66. The normalized spacial score (nSPS) is 22.0. The van der Waals surface area contributed by atoms with Crippen LogP contribution in [0, 0.1) is 0 Å². The number of hydrogen-bond donors (Lipinski definition) is 1. The molecule has 1 heterocycles. The second-order valence-electron chi connectivity index (χ2n) is 4.13. The van der Waals surface area contributed by atoms with Gasteiger partial charge < -0.3 is 10.3 Å². The molecule has 2 N–H and O–H groups in total. The fourth-order valence-corrected chi connectivity index (χ4v) is 1.91. The molecule has 3 heteroatoms. The molecular formula is C10H16N2O. The predicted molar refractivity (Wildman–Crippen MR) is 50.6 cm³/mol. The molecule has 1 unspecified atom stereocenters. The summed E-state index contributed by atoms with van der Waals surface area (Å²) in [6.45, 7) is 4.29. The van der Waals surface area contributed by atoms with Crippen molar-refractivity contribution in [1.82, 2.24) is 5.16 Å². The number of nitrogens with two attached hydrogens (primary N) is 1. The first-order valence-corrected chi connectivity index (χ1v) is 4.91. The molecule has 2 rings (SSSR count). The standard InChI is InChI=1S/C10H16N2O/c1-6(2)10-8-4-3-7(11)5-9(8)13-12-10/h6-7H,3-5,11H2,1-2H3. The van der Waals surface area contributed by atoms with Crippen LogP contribution in [0.2, 0.25) is 0 Å². The van der Waals surface area contributed by atoms with Gasteiger partial charge in [-0.15, -0.1) is 0 Å². The van der Waals surface area contributed by atoms with Crippen LogP contribution in [0.15, 0.2) is 4.52 Å². The van der Waals surface area contributed by atoms with Crippen molar-refractivity contribution in [3.63, 3.8) is 0 Å². The van der Waals surface area contributed by atoms with Crippen LogP contribution in [0.5, 0.6) is 0 Å². The summed E-state index contributed by atoms with van der Waals surface area (Å²) < 4.78 is 5.29. The third-order valence-corrected chi connectivity index (χ3v) is 2.66. The molecule has 1 aromatic heterocycles. The van der Waals surface area contributed by atoms with E-state index in [4.69, 9.17) is 10.3 Å². The maximum Gasteiger partial charge on any atom is 0.141 e. The smallest absolute Gasteiger partial charge is 0.141 e. The van der Waals surface area contributed by atoms with E-state index in [0.717, 1.165) is 30.7 Å². The fraction of sp³-hybridized carbons (Fsp3) is 0.700. The zero-order valence-electron chi connectivity index (χ0n) is 8.21. The molecule has 0 fully saturated rings. The molecular weight excluding hydrogens is 164 g/mol. The second kappa shape index (κ2) is 3.14. The Balaban J connectivity index is 2.33. The SMILES string of the molecule is CC(C)c1noc2c1CCC(N)C2. The number of fused-ring (bicyclic) bond motifs is 1. The number of nitrogens with zero attached hydrogens (tertiary/aromatic N) is 1. The predicted octanol–water partition coefficient (Wildman–Crippen LogP) is 1.61. The molecule has 1 aromatic rings. The molecule has 0 bridgehead atoms. The van der Waals surface area contributed by atoms with E-state index in [1.165, 1.54) is 5.56 Å². The number of rotatable bonds is 1. The largest absolute Gasteiger partial charge is 0.361 e. The van der Waals surface area contributed by atoms with Crippen LogP contribution in [0.4, 0.5) is 0 Å². The van der Waals surface area contributed by atoms with Gasteiger partial charge in [0.2, 0.25) is 0 Å². The van der Waals surface area contributed by atoms with E-state index in [9.17, 15) is 0 Å². The topological polar surface area (TPSA) is 52.0 Å². The summed E-state index contributed by atoms with van der Waals surface area (Å²) in [4.78, 5) is 0. The third kappa shape index (κ3) is 1.48. The van der Waals surface area contributed by atoms with Gasteiger partial charge in [-0.25, -0.2) is 0 Å². The van der Waals surface area contributed by atoms with Gasteiger partial charge in [-0.2, -0.15) is 0 Å². The van der Waals surface area contributed by atoms with E-state index in [2.05, 4.69) is 19.0 Å². The van der Waals surface area contributed by atoms with Crippen LogP contribution in [0.1, 0.15) is 43.2 Å². The fourth-order valence-electron chi connectivity index (χ4n) is 1.91. The summed E-state index contributed by atoms with van der Waals surface area (Å²) in [6.07, 6.45) is 2.95. The summed E-state index contributed by atoms with van der Waals surface area (Å²) in [7, 11) is 0. The molecule has 3 nitrogen and oxygen atoms in total. The lowest BCUT2D eigenvalue weighted by atomic mass is 9.90. The maximum atomic E-state index is 5.85. The van der Waals surface area contributed by atoms with E-state index in [1.54, 1.807) is 0 Å². The van der Waals surface area contributed by atoms with Crippen molar-refractivity contribution in [3.05, 3.63) is 17.0 Å². The molecule has 0 spiro atoms. The van der Waals surface area contributed by atoms with E-state index in [1.807, 2.05) is 0 Å².